The second-order valence-corrected chi connectivity index (χ2v) is 7.85. The number of nitrogens with zero attached hydrogens (tertiary/aromatic N) is 3. The van der Waals surface area contributed by atoms with Crippen molar-refractivity contribution in [3.8, 4) is 0 Å². The van der Waals surface area contributed by atoms with Crippen molar-refractivity contribution < 1.29 is 4.79 Å². The molecule has 7 heteroatoms. The van der Waals surface area contributed by atoms with Crippen LogP contribution in [0.4, 0.5) is 23.1 Å². The number of benzene rings is 2. The Morgan fingerprint density at radius 1 is 0.967 bits per heavy atom. The Morgan fingerprint density at radius 3 is 2.43 bits per heavy atom. The topological polar surface area (TPSA) is 70.2 Å². The first-order valence-corrected chi connectivity index (χ1v) is 10.5. The molecule has 2 aromatic carbocycles. The molecule has 6 nitrogen and oxygen atoms in total. The van der Waals surface area contributed by atoms with Crippen molar-refractivity contribution in [2.24, 2.45) is 0 Å². The average Bonchev–Trinajstić information content (AvgIpc) is 2.75. The van der Waals surface area contributed by atoms with E-state index in [4.69, 9.17) is 16.6 Å². The smallest absolute Gasteiger partial charge is 0.255 e. The molecule has 1 aromatic heterocycles. The predicted molar refractivity (Wildman–Crippen MR) is 122 cm³/mol. The Balaban J connectivity index is 1.43. The number of hydrogen-bond acceptors (Lipinski definition) is 5. The highest BCUT2D eigenvalue weighted by Crippen LogP contribution is 2.22. The number of carbonyl (C=O) groups excluding carboxylic acids is 1. The van der Waals surface area contributed by atoms with E-state index in [0.717, 1.165) is 36.2 Å². The summed E-state index contributed by atoms with van der Waals surface area (Å²) in [5.41, 5.74) is 3.04. The SMILES string of the molecule is Cc1cc(Nc2ccc(NC(=O)c3cccc(Cl)c3)cc2)nc(N2CCCCC2)n1. The molecule has 2 heterocycles. The molecule has 0 unspecified atom stereocenters. The minimum absolute atomic E-state index is 0.198. The molecule has 154 valence electrons. The van der Waals surface area contributed by atoms with Crippen LogP contribution in [0.2, 0.25) is 5.02 Å². The maximum atomic E-state index is 12.4. The summed E-state index contributed by atoms with van der Waals surface area (Å²) in [4.78, 5) is 23.9. The fourth-order valence-electron chi connectivity index (χ4n) is 3.47. The summed E-state index contributed by atoms with van der Waals surface area (Å²) in [6.07, 6.45) is 3.64. The highest BCUT2D eigenvalue weighted by atomic mass is 35.5. The van der Waals surface area contributed by atoms with Gasteiger partial charge in [0.2, 0.25) is 5.95 Å². The van der Waals surface area contributed by atoms with Crippen LogP contribution in [0, 0.1) is 6.92 Å². The van der Waals surface area contributed by atoms with Gasteiger partial charge >= 0.3 is 0 Å². The lowest BCUT2D eigenvalue weighted by molar-refractivity contribution is 0.102. The zero-order valence-corrected chi connectivity index (χ0v) is 17.6. The summed E-state index contributed by atoms with van der Waals surface area (Å²) >= 11 is 5.96. The van der Waals surface area contributed by atoms with Gasteiger partial charge in [-0.05, 0) is 68.7 Å². The van der Waals surface area contributed by atoms with Gasteiger partial charge in [0.1, 0.15) is 5.82 Å². The number of carbonyl (C=O) groups is 1. The summed E-state index contributed by atoms with van der Waals surface area (Å²) in [5, 5.41) is 6.75. The summed E-state index contributed by atoms with van der Waals surface area (Å²) in [7, 11) is 0. The first-order valence-electron chi connectivity index (χ1n) is 10.1. The van der Waals surface area contributed by atoms with Crippen molar-refractivity contribution in [2.45, 2.75) is 26.2 Å². The van der Waals surface area contributed by atoms with Crippen molar-refractivity contribution >= 4 is 40.6 Å². The average molecular weight is 422 g/mol. The molecule has 0 bridgehead atoms. The van der Waals surface area contributed by atoms with Crippen LogP contribution in [0.3, 0.4) is 0 Å². The van der Waals surface area contributed by atoms with E-state index in [-0.39, 0.29) is 5.91 Å². The molecule has 0 saturated carbocycles. The zero-order chi connectivity index (χ0) is 20.9. The van der Waals surface area contributed by atoms with Gasteiger partial charge in [-0.1, -0.05) is 17.7 Å². The van der Waals surface area contributed by atoms with E-state index in [1.807, 2.05) is 37.3 Å². The summed E-state index contributed by atoms with van der Waals surface area (Å²) in [6, 6.07) is 16.3. The Labute approximate surface area is 181 Å². The van der Waals surface area contributed by atoms with Crippen molar-refractivity contribution in [2.75, 3.05) is 28.6 Å². The van der Waals surface area contributed by atoms with E-state index < -0.39 is 0 Å². The third kappa shape index (κ3) is 5.07. The predicted octanol–water partition coefficient (Wildman–Crippen LogP) is 5.42. The van der Waals surface area contributed by atoms with Gasteiger partial charge in [-0.25, -0.2) is 4.98 Å². The van der Waals surface area contributed by atoms with Crippen LogP contribution in [-0.2, 0) is 0 Å². The van der Waals surface area contributed by atoms with Crippen molar-refractivity contribution in [3.05, 3.63) is 70.9 Å². The monoisotopic (exact) mass is 421 g/mol. The van der Waals surface area contributed by atoms with E-state index >= 15 is 0 Å². The molecule has 4 rings (SSSR count). The van der Waals surface area contributed by atoms with Crippen LogP contribution in [0.25, 0.3) is 0 Å². The lowest BCUT2D eigenvalue weighted by Gasteiger charge is -2.27. The molecule has 1 fully saturated rings. The van der Waals surface area contributed by atoms with Gasteiger partial charge in [-0.2, -0.15) is 4.98 Å². The second kappa shape index (κ2) is 9.13. The number of halogens is 1. The number of piperidine rings is 1. The first kappa shape index (κ1) is 20.2. The molecule has 1 saturated heterocycles. The standard InChI is InChI=1S/C23H24ClN5O/c1-16-14-21(28-23(25-16)29-12-3-2-4-13-29)26-19-8-10-20(11-9-19)27-22(30)17-6-5-7-18(24)15-17/h5-11,14-15H,2-4,12-13H2,1H3,(H,27,30)(H,25,26,28). The molecule has 0 spiro atoms. The van der Waals surface area contributed by atoms with E-state index in [1.165, 1.54) is 19.3 Å². The summed E-state index contributed by atoms with van der Waals surface area (Å²) < 4.78 is 0. The molecule has 3 aromatic rings. The first-order chi connectivity index (χ1) is 14.6. The van der Waals surface area contributed by atoms with Crippen LogP contribution in [0.1, 0.15) is 35.3 Å². The molecule has 30 heavy (non-hydrogen) atoms. The lowest BCUT2D eigenvalue weighted by Crippen LogP contribution is -2.31. The normalized spacial score (nSPS) is 13.7. The van der Waals surface area contributed by atoms with Gasteiger partial charge in [0.05, 0.1) is 0 Å². The molecule has 0 aliphatic carbocycles. The Bertz CT molecular complexity index is 1030. The fourth-order valence-corrected chi connectivity index (χ4v) is 3.66. The van der Waals surface area contributed by atoms with Gasteiger partial charge < -0.3 is 15.5 Å². The van der Waals surface area contributed by atoms with Crippen LogP contribution >= 0.6 is 11.6 Å². The number of amides is 1. The second-order valence-electron chi connectivity index (χ2n) is 7.41. The van der Waals surface area contributed by atoms with Gasteiger partial charge in [0, 0.05) is 46.8 Å². The van der Waals surface area contributed by atoms with E-state index in [2.05, 4.69) is 20.5 Å². The molecule has 1 aliphatic rings. The number of rotatable bonds is 5. The van der Waals surface area contributed by atoms with Crippen LogP contribution in [0.15, 0.2) is 54.6 Å². The lowest BCUT2D eigenvalue weighted by atomic mass is 10.1. The molecule has 0 radical (unpaired) electrons. The van der Waals surface area contributed by atoms with Crippen molar-refractivity contribution in [1.82, 2.24) is 9.97 Å². The summed E-state index contributed by atoms with van der Waals surface area (Å²) in [5.74, 6) is 1.34. The van der Waals surface area contributed by atoms with Gasteiger partial charge in [0.15, 0.2) is 0 Å². The molecule has 1 amide bonds. The Hall–Kier alpha value is -3.12. The molecular formula is C23H24ClN5O. The maximum absolute atomic E-state index is 12.4. The van der Waals surface area contributed by atoms with Gasteiger partial charge in [0.25, 0.3) is 5.91 Å². The van der Waals surface area contributed by atoms with Crippen molar-refractivity contribution in [3.63, 3.8) is 0 Å². The largest absolute Gasteiger partial charge is 0.341 e. The third-order valence-corrected chi connectivity index (χ3v) is 5.22. The molecule has 2 N–H and O–H groups in total. The quantitative estimate of drug-likeness (QED) is 0.575. The van der Waals surface area contributed by atoms with Crippen molar-refractivity contribution in [1.29, 1.82) is 0 Å². The molecular weight excluding hydrogens is 398 g/mol. The number of anilines is 4. The minimum atomic E-state index is -0.198. The fraction of sp³-hybridized carbons (Fsp3) is 0.261. The number of nitrogens with one attached hydrogen (secondary N) is 2. The number of aryl methyl sites for hydroxylation is 1. The number of aromatic nitrogens is 2. The van der Waals surface area contributed by atoms with Gasteiger partial charge in [-0.15, -0.1) is 0 Å². The maximum Gasteiger partial charge on any atom is 0.255 e. The third-order valence-electron chi connectivity index (χ3n) is 4.98. The van der Waals surface area contributed by atoms with Crippen LogP contribution in [-0.4, -0.2) is 29.0 Å². The Kier molecular flexibility index (Phi) is 6.14. The number of hydrogen-bond donors (Lipinski definition) is 2. The van der Waals surface area contributed by atoms with Crippen LogP contribution < -0.4 is 15.5 Å². The van der Waals surface area contributed by atoms with Crippen LogP contribution in [0.5, 0.6) is 0 Å². The van der Waals surface area contributed by atoms with E-state index in [1.54, 1.807) is 24.3 Å². The highest BCUT2D eigenvalue weighted by molar-refractivity contribution is 6.31. The molecule has 1 aliphatic heterocycles. The minimum Gasteiger partial charge on any atom is -0.341 e. The highest BCUT2D eigenvalue weighted by Gasteiger charge is 2.15. The zero-order valence-electron chi connectivity index (χ0n) is 16.9. The molecule has 0 atom stereocenters. The summed E-state index contributed by atoms with van der Waals surface area (Å²) in [6.45, 7) is 3.99. The van der Waals surface area contributed by atoms with Gasteiger partial charge in [-0.3, -0.25) is 4.79 Å². The van der Waals surface area contributed by atoms with E-state index in [9.17, 15) is 4.79 Å². The Morgan fingerprint density at radius 2 is 1.70 bits per heavy atom. The van der Waals surface area contributed by atoms with E-state index in [0.29, 0.717) is 16.3 Å².